The lowest BCUT2D eigenvalue weighted by Crippen LogP contribution is -2.01. The van der Waals surface area contributed by atoms with E-state index in [0.717, 1.165) is 5.56 Å². The molecule has 1 aromatic carbocycles. The zero-order valence-corrected chi connectivity index (χ0v) is 7.29. The molecule has 2 N–H and O–H groups in total. The molecule has 0 bridgehead atoms. The molecule has 0 radical (unpaired) electrons. The number of rotatable bonds is 2. The molecule has 0 aliphatic rings. The van der Waals surface area contributed by atoms with Crippen molar-refractivity contribution in [3.05, 3.63) is 35.9 Å². The topological polar surface area (TPSA) is 50.7 Å². The van der Waals surface area contributed by atoms with E-state index >= 15 is 0 Å². The van der Waals surface area contributed by atoms with Crippen molar-refractivity contribution in [3.63, 3.8) is 0 Å². The highest BCUT2D eigenvalue weighted by atomic mass is 32.1. The molecule has 12 heavy (non-hydrogen) atoms. The van der Waals surface area contributed by atoms with Crippen LogP contribution in [0.3, 0.4) is 0 Å². The van der Waals surface area contributed by atoms with E-state index in [2.05, 4.69) is 22.4 Å². The van der Waals surface area contributed by atoms with E-state index in [9.17, 15) is 0 Å². The van der Waals surface area contributed by atoms with Crippen LogP contribution < -0.4 is 5.73 Å². The maximum atomic E-state index is 5.13. The predicted molar refractivity (Wildman–Crippen MR) is 51.8 cm³/mol. The van der Waals surface area contributed by atoms with Gasteiger partial charge in [0.2, 0.25) is 5.11 Å². The molecule has 0 aliphatic heterocycles. The number of benzene rings is 1. The van der Waals surface area contributed by atoms with Crippen molar-refractivity contribution in [2.45, 2.75) is 6.54 Å². The van der Waals surface area contributed by atoms with Crippen LogP contribution in [0.25, 0.3) is 0 Å². The summed E-state index contributed by atoms with van der Waals surface area (Å²) in [6.45, 7) is 0.526. The van der Waals surface area contributed by atoms with Gasteiger partial charge in [-0.05, 0) is 17.8 Å². The first-order valence-electron chi connectivity index (χ1n) is 3.50. The van der Waals surface area contributed by atoms with E-state index in [4.69, 9.17) is 5.73 Å². The fraction of sp³-hybridized carbons (Fsp3) is 0.125. The Labute approximate surface area is 76.3 Å². The minimum atomic E-state index is 0.0749. The van der Waals surface area contributed by atoms with Crippen molar-refractivity contribution in [2.24, 2.45) is 16.0 Å². The molecule has 62 valence electrons. The Balaban J connectivity index is 2.49. The van der Waals surface area contributed by atoms with Crippen LogP contribution in [-0.2, 0) is 6.54 Å². The highest BCUT2D eigenvalue weighted by molar-refractivity contribution is 7.80. The number of nitrogens with two attached hydrogens (primary N) is 1. The molecule has 0 saturated carbocycles. The number of azo groups is 1. The second-order valence-corrected chi connectivity index (χ2v) is 2.64. The minimum Gasteiger partial charge on any atom is -0.373 e. The molecular weight excluding hydrogens is 170 g/mol. The molecule has 0 aromatic heterocycles. The lowest BCUT2D eigenvalue weighted by Gasteiger charge is -1.92. The van der Waals surface area contributed by atoms with Crippen molar-refractivity contribution >= 4 is 17.3 Å². The maximum Gasteiger partial charge on any atom is 0.210 e. The van der Waals surface area contributed by atoms with Crippen molar-refractivity contribution in [1.82, 2.24) is 0 Å². The molecule has 1 rings (SSSR count). The summed E-state index contributed by atoms with van der Waals surface area (Å²) in [7, 11) is 0. The van der Waals surface area contributed by atoms with Crippen LogP contribution >= 0.6 is 12.2 Å². The van der Waals surface area contributed by atoms with Crippen LogP contribution in [0.1, 0.15) is 5.56 Å². The van der Waals surface area contributed by atoms with Gasteiger partial charge in [-0.1, -0.05) is 30.3 Å². The third-order valence-electron chi connectivity index (χ3n) is 1.27. The van der Waals surface area contributed by atoms with Crippen LogP contribution in [0.15, 0.2) is 40.6 Å². The van der Waals surface area contributed by atoms with Crippen molar-refractivity contribution in [3.8, 4) is 0 Å². The number of thiocarbonyl (C=S) groups is 1. The minimum absolute atomic E-state index is 0.0749. The fourth-order valence-corrected chi connectivity index (χ4v) is 0.828. The Kier molecular flexibility index (Phi) is 3.35. The number of hydrogen-bond donors (Lipinski definition) is 1. The van der Waals surface area contributed by atoms with Crippen LogP contribution in [-0.4, -0.2) is 5.11 Å². The second-order valence-electron chi connectivity index (χ2n) is 2.22. The van der Waals surface area contributed by atoms with Crippen LogP contribution in [0, 0.1) is 0 Å². The van der Waals surface area contributed by atoms with Crippen LogP contribution in [0.4, 0.5) is 0 Å². The lowest BCUT2D eigenvalue weighted by molar-refractivity contribution is 0.973. The van der Waals surface area contributed by atoms with Crippen LogP contribution in [0.2, 0.25) is 0 Å². The van der Waals surface area contributed by atoms with Gasteiger partial charge < -0.3 is 5.73 Å². The molecule has 0 atom stereocenters. The smallest absolute Gasteiger partial charge is 0.210 e. The zero-order valence-electron chi connectivity index (χ0n) is 6.47. The lowest BCUT2D eigenvalue weighted by atomic mass is 10.2. The molecule has 3 nitrogen and oxygen atoms in total. The van der Waals surface area contributed by atoms with Crippen molar-refractivity contribution < 1.29 is 0 Å². The Hall–Kier alpha value is -1.29. The highest BCUT2D eigenvalue weighted by Crippen LogP contribution is 1.99. The molecule has 4 heteroatoms. The SMILES string of the molecule is NC(=S)N=NCc1ccccc1. The fourth-order valence-electron chi connectivity index (χ4n) is 0.770. The molecule has 0 saturated heterocycles. The van der Waals surface area contributed by atoms with E-state index in [-0.39, 0.29) is 5.11 Å². The Morgan fingerprint density at radius 3 is 2.58 bits per heavy atom. The van der Waals surface area contributed by atoms with Gasteiger partial charge in [-0.3, -0.25) is 0 Å². The molecule has 0 unspecified atom stereocenters. The Morgan fingerprint density at radius 1 is 1.33 bits per heavy atom. The normalized spacial score (nSPS) is 10.3. The van der Waals surface area contributed by atoms with Gasteiger partial charge in [-0.25, -0.2) is 0 Å². The van der Waals surface area contributed by atoms with E-state index in [0.29, 0.717) is 6.54 Å². The van der Waals surface area contributed by atoms with Gasteiger partial charge in [0.15, 0.2) is 0 Å². The summed E-state index contributed by atoms with van der Waals surface area (Å²) < 4.78 is 0. The van der Waals surface area contributed by atoms with Gasteiger partial charge in [0.05, 0.1) is 6.54 Å². The van der Waals surface area contributed by atoms with Crippen molar-refractivity contribution in [2.75, 3.05) is 0 Å². The van der Waals surface area contributed by atoms with Gasteiger partial charge in [-0.2, -0.15) is 5.11 Å². The van der Waals surface area contributed by atoms with E-state index in [1.165, 1.54) is 0 Å². The first-order valence-corrected chi connectivity index (χ1v) is 3.91. The van der Waals surface area contributed by atoms with Gasteiger partial charge in [0, 0.05) is 0 Å². The first kappa shape index (κ1) is 8.80. The molecule has 0 aliphatic carbocycles. The molecular formula is C8H9N3S. The maximum absolute atomic E-state index is 5.13. The van der Waals surface area contributed by atoms with Gasteiger partial charge in [0.25, 0.3) is 0 Å². The molecule has 1 aromatic rings. The Bertz CT molecular complexity index is 282. The van der Waals surface area contributed by atoms with E-state index < -0.39 is 0 Å². The third-order valence-corrected chi connectivity index (χ3v) is 1.35. The van der Waals surface area contributed by atoms with E-state index in [1.54, 1.807) is 0 Å². The standard InChI is InChI=1S/C8H9N3S/c9-8(12)11-10-6-7-4-2-1-3-5-7/h1-5H,6H2,(H2,9,12). The quantitative estimate of drug-likeness (QED) is 0.556. The molecule has 0 amide bonds. The summed E-state index contributed by atoms with van der Waals surface area (Å²) in [5, 5.41) is 7.43. The summed E-state index contributed by atoms with van der Waals surface area (Å²) in [5.74, 6) is 0. The van der Waals surface area contributed by atoms with Gasteiger partial charge in [-0.15, -0.1) is 5.11 Å². The summed E-state index contributed by atoms with van der Waals surface area (Å²) >= 11 is 4.53. The largest absolute Gasteiger partial charge is 0.373 e. The van der Waals surface area contributed by atoms with E-state index in [1.807, 2.05) is 30.3 Å². The predicted octanol–water partition coefficient (Wildman–Crippen LogP) is 1.88. The molecule has 0 fully saturated rings. The van der Waals surface area contributed by atoms with Gasteiger partial charge in [0.1, 0.15) is 0 Å². The molecule has 0 spiro atoms. The average Bonchev–Trinajstić information content (AvgIpc) is 2.05. The molecule has 0 heterocycles. The summed E-state index contributed by atoms with van der Waals surface area (Å²) in [4.78, 5) is 0. The highest BCUT2D eigenvalue weighted by Gasteiger charge is 1.86. The zero-order chi connectivity index (χ0) is 8.81. The monoisotopic (exact) mass is 179 g/mol. The van der Waals surface area contributed by atoms with Crippen molar-refractivity contribution in [1.29, 1.82) is 0 Å². The Morgan fingerprint density at radius 2 is 2.00 bits per heavy atom. The third kappa shape index (κ3) is 3.21. The number of hydrogen-bond acceptors (Lipinski definition) is 2. The van der Waals surface area contributed by atoms with Gasteiger partial charge >= 0.3 is 0 Å². The summed E-state index contributed by atoms with van der Waals surface area (Å²) in [5.41, 5.74) is 6.22. The summed E-state index contributed by atoms with van der Waals surface area (Å²) in [6, 6.07) is 9.79. The summed E-state index contributed by atoms with van der Waals surface area (Å²) in [6.07, 6.45) is 0. The average molecular weight is 179 g/mol. The van der Waals surface area contributed by atoms with Crippen LogP contribution in [0.5, 0.6) is 0 Å². The first-order chi connectivity index (χ1) is 5.79. The second kappa shape index (κ2) is 4.56. The number of nitrogens with zero attached hydrogens (tertiary/aromatic N) is 2.